The van der Waals surface area contributed by atoms with Crippen molar-refractivity contribution in [3.8, 4) is 11.5 Å². The smallest absolute Gasteiger partial charge is 0.189 e. The normalized spacial score (nSPS) is 35.7. The van der Waals surface area contributed by atoms with Gasteiger partial charge in [0.2, 0.25) is 0 Å². The number of likely N-dealkylation sites (tertiary alicyclic amines) is 1. The van der Waals surface area contributed by atoms with Gasteiger partial charge in [0.25, 0.3) is 0 Å². The molecule has 0 amide bonds. The summed E-state index contributed by atoms with van der Waals surface area (Å²) in [6, 6.07) is 4.61. The standard InChI is InChI=1S/C21H27NO5/c1-22-8-7-21-14-4-5-16(23)20(21)27-19-17(26-12-25-10-9-24-2)6-3-13(18(19)21)11-15(14)22/h3-6,14-16,20,23H,7-12H2,1-2H3/t14?,15-,16+,20+,21+/m1/s1. The third-order valence-electron chi connectivity index (χ3n) is 6.86. The number of hydrogen-bond acceptors (Lipinski definition) is 6. The molecule has 6 nitrogen and oxygen atoms in total. The Bertz CT molecular complexity index is 765. The average Bonchev–Trinajstić information content (AvgIpc) is 3.02. The van der Waals surface area contributed by atoms with Gasteiger partial charge in [-0.15, -0.1) is 0 Å². The molecule has 146 valence electrons. The monoisotopic (exact) mass is 373 g/mol. The summed E-state index contributed by atoms with van der Waals surface area (Å²) < 4.78 is 22.8. The van der Waals surface area contributed by atoms with Gasteiger partial charge in [-0.05, 0) is 38.1 Å². The lowest BCUT2D eigenvalue weighted by Crippen LogP contribution is -2.64. The molecule has 0 radical (unpaired) electrons. The molecule has 1 spiro atoms. The van der Waals surface area contributed by atoms with E-state index in [1.54, 1.807) is 7.11 Å². The van der Waals surface area contributed by atoms with Crippen LogP contribution in [0.4, 0.5) is 0 Å². The van der Waals surface area contributed by atoms with E-state index in [-0.39, 0.29) is 18.3 Å². The van der Waals surface area contributed by atoms with E-state index in [9.17, 15) is 5.11 Å². The third-order valence-corrected chi connectivity index (χ3v) is 6.86. The van der Waals surface area contributed by atoms with E-state index in [2.05, 4.69) is 24.1 Å². The molecule has 2 heterocycles. The maximum absolute atomic E-state index is 10.7. The Labute approximate surface area is 159 Å². The van der Waals surface area contributed by atoms with Gasteiger partial charge in [0.15, 0.2) is 18.3 Å². The SMILES string of the molecule is COCCOCOc1ccc2c3c1O[C@H]1[C@@H](O)C=CC4[C@@H](C2)N(C)CC[C@@]341. The van der Waals surface area contributed by atoms with Gasteiger partial charge in [-0.25, -0.2) is 0 Å². The molecule has 1 aromatic carbocycles. The maximum Gasteiger partial charge on any atom is 0.189 e. The molecular formula is C21H27NO5. The minimum absolute atomic E-state index is 0.148. The summed E-state index contributed by atoms with van der Waals surface area (Å²) in [7, 11) is 3.86. The summed E-state index contributed by atoms with van der Waals surface area (Å²) in [6.45, 7) is 2.21. The number of benzene rings is 1. The van der Waals surface area contributed by atoms with E-state index in [1.807, 2.05) is 12.1 Å². The second kappa shape index (κ2) is 6.48. The van der Waals surface area contributed by atoms with Crippen LogP contribution in [-0.2, 0) is 21.3 Å². The molecule has 2 aliphatic carbocycles. The van der Waals surface area contributed by atoms with E-state index < -0.39 is 6.10 Å². The number of methoxy groups -OCH3 is 1. The first-order valence-corrected chi connectivity index (χ1v) is 9.76. The Kier molecular flexibility index (Phi) is 4.20. The quantitative estimate of drug-likeness (QED) is 0.463. The van der Waals surface area contributed by atoms with Crippen molar-refractivity contribution < 1.29 is 24.1 Å². The molecule has 1 aromatic rings. The van der Waals surface area contributed by atoms with Crippen molar-refractivity contribution in [2.24, 2.45) is 5.92 Å². The zero-order chi connectivity index (χ0) is 18.6. The van der Waals surface area contributed by atoms with Crippen molar-refractivity contribution in [1.29, 1.82) is 0 Å². The molecule has 6 heteroatoms. The zero-order valence-electron chi connectivity index (χ0n) is 15.9. The van der Waals surface area contributed by atoms with E-state index in [4.69, 9.17) is 18.9 Å². The number of aliphatic hydroxyl groups excluding tert-OH is 1. The average molecular weight is 373 g/mol. The van der Waals surface area contributed by atoms with Crippen LogP contribution in [0.2, 0.25) is 0 Å². The predicted octanol–water partition coefficient (Wildman–Crippen LogP) is 1.49. The number of hydrogen-bond donors (Lipinski definition) is 1. The molecular weight excluding hydrogens is 346 g/mol. The fourth-order valence-electron chi connectivity index (χ4n) is 5.65. The molecule has 4 aliphatic rings. The highest BCUT2D eigenvalue weighted by Crippen LogP contribution is 2.62. The van der Waals surface area contributed by atoms with Gasteiger partial charge in [0.05, 0.1) is 13.2 Å². The highest BCUT2D eigenvalue weighted by Gasteiger charge is 2.64. The van der Waals surface area contributed by atoms with Crippen LogP contribution < -0.4 is 9.47 Å². The summed E-state index contributed by atoms with van der Waals surface area (Å²) in [5.41, 5.74) is 2.44. The number of ether oxygens (including phenoxy) is 4. The Morgan fingerprint density at radius 2 is 2.19 bits per heavy atom. The molecule has 1 N–H and O–H groups in total. The number of rotatable bonds is 6. The summed E-state index contributed by atoms with van der Waals surface area (Å²) in [5.74, 6) is 1.88. The minimum atomic E-state index is -0.588. The van der Waals surface area contributed by atoms with Crippen LogP contribution in [0.15, 0.2) is 24.3 Å². The van der Waals surface area contributed by atoms with Crippen LogP contribution in [0.3, 0.4) is 0 Å². The first-order chi connectivity index (χ1) is 13.2. The topological polar surface area (TPSA) is 60.4 Å². The van der Waals surface area contributed by atoms with Crippen LogP contribution in [0.1, 0.15) is 17.5 Å². The number of nitrogens with zero attached hydrogens (tertiary/aromatic N) is 1. The molecule has 0 saturated carbocycles. The predicted molar refractivity (Wildman–Crippen MR) is 99.2 cm³/mol. The summed E-state index contributed by atoms with van der Waals surface area (Å²) >= 11 is 0. The highest BCUT2D eigenvalue weighted by molar-refractivity contribution is 5.62. The third kappa shape index (κ3) is 2.40. The first-order valence-electron chi connectivity index (χ1n) is 9.76. The summed E-state index contributed by atoms with van der Waals surface area (Å²) in [5, 5.41) is 10.7. The van der Waals surface area contributed by atoms with Crippen LogP contribution in [-0.4, -0.2) is 69.0 Å². The van der Waals surface area contributed by atoms with Crippen LogP contribution in [0.5, 0.6) is 11.5 Å². The minimum Gasteiger partial charge on any atom is -0.482 e. The molecule has 2 aliphatic heterocycles. The molecule has 1 fully saturated rings. The lowest BCUT2D eigenvalue weighted by Gasteiger charge is -2.56. The van der Waals surface area contributed by atoms with Gasteiger partial charge < -0.3 is 29.0 Å². The van der Waals surface area contributed by atoms with Crippen molar-refractivity contribution in [3.05, 3.63) is 35.4 Å². The Balaban J connectivity index is 1.52. The number of likely N-dealkylation sites (N-methyl/N-ethyl adjacent to an activating group) is 1. The van der Waals surface area contributed by atoms with E-state index >= 15 is 0 Å². The maximum atomic E-state index is 10.7. The van der Waals surface area contributed by atoms with Gasteiger partial charge >= 0.3 is 0 Å². The fraction of sp³-hybridized carbons (Fsp3) is 0.619. The largest absolute Gasteiger partial charge is 0.482 e. The Hall–Kier alpha value is -1.60. The van der Waals surface area contributed by atoms with Crippen molar-refractivity contribution >= 4 is 0 Å². The molecule has 1 unspecified atom stereocenters. The second-order valence-electron chi connectivity index (χ2n) is 8.07. The van der Waals surface area contributed by atoms with Crippen molar-refractivity contribution in [2.45, 2.75) is 36.5 Å². The Morgan fingerprint density at radius 3 is 3.04 bits per heavy atom. The first kappa shape index (κ1) is 17.5. The van der Waals surface area contributed by atoms with Crippen LogP contribution >= 0.6 is 0 Å². The van der Waals surface area contributed by atoms with E-state index in [1.165, 1.54) is 11.1 Å². The second-order valence-corrected chi connectivity index (χ2v) is 8.07. The summed E-state index contributed by atoms with van der Waals surface area (Å²) in [6.07, 6.45) is 5.32. The lowest BCUT2D eigenvalue weighted by molar-refractivity contribution is -0.0464. The molecule has 0 aromatic heterocycles. The van der Waals surface area contributed by atoms with Gasteiger partial charge in [-0.1, -0.05) is 18.2 Å². The molecule has 5 rings (SSSR count). The van der Waals surface area contributed by atoms with Crippen LogP contribution in [0.25, 0.3) is 0 Å². The van der Waals surface area contributed by atoms with E-state index in [0.717, 1.165) is 25.1 Å². The zero-order valence-corrected chi connectivity index (χ0v) is 15.9. The van der Waals surface area contributed by atoms with Crippen molar-refractivity contribution in [3.63, 3.8) is 0 Å². The Morgan fingerprint density at radius 1 is 1.30 bits per heavy atom. The number of aliphatic hydroxyl groups is 1. The summed E-state index contributed by atoms with van der Waals surface area (Å²) in [4.78, 5) is 2.46. The number of piperidine rings is 1. The van der Waals surface area contributed by atoms with Crippen molar-refractivity contribution in [1.82, 2.24) is 4.90 Å². The van der Waals surface area contributed by atoms with Crippen LogP contribution in [0, 0.1) is 5.92 Å². The van der Waals surface area contributed by atoms with Crippen molar-refractivity contribution in [2.75, 3.05) is 40.7 Å². The van der Waals surface area contributed by atoms with Gasteiger partial charge in [-0.2, -0.15) is 0 Å². The molecule has 1 saturated heterocycles. The molecule has 2 bridgehead atoms. The van der Waals surface area contributed by atoms with E-state index in [0.29, 0.717) is 30.9 Å². The highest BCUT2D eigenvalue weighted by atomic mass is 16.7. The van der Waals surface area contributed by atoms with Gasteiger partial charge in [0, 0.05) is 30.0 Å². The molecule has 5 atom stereocenters. The van der Waals surface area contributed by atoms with Gasteiger partial charge in [0.1, 0.15) is 12.2 Å². The lowest BCUT2D eigenvalue weighted by atomic mass is 9.53. The fourth-order valence-corrected chi connectivity index (χ4v) is 5.65. The molecule has 27 heavy (non-hydrogen) atoms. The van der Waals surface area contributed by atoms with Gasteiger partial charge in [-0.3, -0.25) is 0 Å².